The molecule has 0 aromatic heterocycles. The van der Waals surface area contributed by atoms with Crippen molar-refractivity contribution in [2.45, 2.75) is 51.9 Å². The van der Waals surface area contributed by atoms with Crippen LogP contribution < -0.4 is 0 Å². The minimum atomic E-state index is -3.34. The van der Waals surface area contributed by atoms with E-state index in [1.807, 2.05) is 12.1 Å². The third kappa shape index (κ3) is 8.75. The van der Waals surface area contributed by atoms with E-state index < -0.39 is 10.0 Å². The van der Waals surface area contributed by atoms with Gasteiger partial charge in [-0.25, -0.2) is 17.1 Å². The van der Waals surface area contributed by atoms with Crippen molar-refractivity contribution in [2.75, 3.05) is 14.1 Å². The zero-order chi connectivity index (χ0) is 23.6. The Hall–Kier alpha value is -2.31. The molecule has 0 aliphatic carbocycles. The molecule has 2 aromatic rings. The molecule has 2 rings (SSSR count). The summed E-state index contributed by atoms with van der Waals surface area (Å²) >= 11 is 0. The van der Waals surface area contributed by atoms with Crippen LogP contribution in [0.1, 0.15) is 62.9 Å². The molecule has 0 N–H and O–H groups in total. The van der Waals surface area contributed by atoms with Crippen LogP contribution in [0.15, 0.2) is 59.5 Å². The standard InChI is InChI=1S/C17H27NO2S.C8H7FO/c1-6-7-15(9-8-14(2)3)16-10-12-17(13-11-16)21(19,20)18(4)5;1-6(10)7-3-2-4-8(9)5-7/h9-14H,6-8H2,1-5H3;2-5H,1H3/b15-9-;. The van der Waals surface area contributed by atoms with Gasteiger partial charge in [-0.3, -0.25) is 4.79 Å². The van der Waals surface area contributed by atoms with Crippen molar-refractivity contribution in [3.05, 3.63) is 71.6 Å². The Labute approximate surface area is 186 Å². The second-order valence-corrected chi connectivity index (χ2v) is 10.1. The van der Waals surface area contributed by atoms with E-state index in [1.165, 1.54) is 35.0 Å². The van der Waals surface area contributed by atoms with Crippen LogP contribution in [-0.4, -0.2) is 32.6 Å². The van der Waals surface area contributed by atoms with Crippen LogP contribution in [0.4, 0.5) is 4.39 Å². The molecule has 0 amide bonds. The molecule has 0 aliphatic rings. The molecule has 0 fully saturated rings. The van der Waals surface area contributed by atoms with Gasteiger partial charge in [-0.1, -0.05) is 57.5 Å². The summed E-state index contributed by atoms with van der Waals surface area (Å²) < 4.78 is 37.7. The van der Waals surface area contributed by atoms with Crippen LogP contribution in [0.3, 0.4) is 0 Å². The van der Waals surface area contributed by atoms with Gasteiger partial charge in [0.1, 0.15) is 5.82 Å². The predicted molar refractivity (Wildman–Crippen MR) is 126 cm³/mol. The number of Topliss-reactive ketones (excluding diaryl/α,β-unsaturated/α-hetero) is 1. The van der Waals surface area contributed by atoms with Gasteiger partial charge in [0.25, 0.3) is 0 Å². The van der Waals surface area contributed by atoms with Gasteiger partial charge in [0, 0.05) is 19.7 Å². The first-order valence-corrected chi connectivity index (χ1v) is 11.9. The lowest BCUT2D eigenvalue weighted by Gasteiger charge is -2.13. The highest BCUT2D eigenvalue weighted by molar-refractivity contribution is 7.89. The number of benzene rings is 2. The second kappa shape index (κ2) is 12.5. The molecule has 0 radical (unpaired) electrons. The van der Waals surface area contributed by atoms with Crippen molar-refractivity contribution in [1.29, 1.82) is 0 Å². The minimum Gasteiger partial charge on any atom is -0.295 e. The quantitative estimate of drug-likeness (QED) is 0.453. The zero-order valence-electron chi connectivity index (χ0n) is 19.4. The van der Waals surface area contributed by atoms with E-state index in [0.717, 1.165) is 24.8 Å². The van der Waals surface area contributed by atoms with Crippen LogP contribution in [-0.2, 0) is 10.0 Å². The van der Waals surface area contributed by atoms with E-state index >= 15 is 0 Å². The number of sulfonamides is 1. The van der Waals surface area contributed by atoms with Crippen molar-refractivity contribution in [3.8, 4) is 0 Å². The Morgan fingerprint density at radius 2 is 1.68 bits per heavy atom. The Morgan fingerprint density at radius 3 is 2.10 bits per heavy atom. The molecule has 2 aromatic carbocycles. The first-order valence-electron chi connectivity index (χ1n) is 10.5. The molecule has 0 atom stereocenters. The lowest BCUT2D eigenvalue weighted by atomic mass is 9.98. The number of carbonyl (C=O) groups excluding carboxylic acids is 1. The summed E-state index contributed by atoms with van der Waals surface area (Å²) in [5.74, 6) is 0.150. The van der Waals surface area contributed by atoms with Crippen molar-refractivity contribution < 1.29 is 17.6 Å². The molecule has 6 heteroatoms. The number of carbonyl (C=O) groups is 1. The molecular formula is C25H34FNO3S. The van der Waals surface area contributed by atoms with Crippen LogP contribution in [0.2, 0.25) is 0 Å². The van der Waals surface area contributed by atoms with Gasteiger partial charge >= 0.3 is 0 Å². The summed E-state index contributed by atoms with van der Waals surface area (Å²) in [5, 5.41) is 0. The zero-order valence-corrected chi connectivity index (χ0v) is 20.2. The Bertz CT molecular complexity index is 978. The van der Waals surface area contributed by atoms with Gasteiger partial charge in [-0.05, 0) is 61.1 Å². The van der Waals surface area contributed by atoms with Crippen molar-refractivity contribution in [1.82, 2.24) is 4.31 Å². The van der Waals surface area contributed by atoms with Crippen LogP contribution in [0, 0.1) is 11.7 Å². The molecular weight excluding hydrogens is 413 g/mol. The maximum Gasteiger partial charge on any atom is 0.242 e. The first kappa shape index (κ1) is 26.7. The van der Waals surface area contributed by atoms with Gasteiger partial charge in [0.05, 0.1) is 4.90 Å². The van der Waals surface area contributed by atoms with Gasteiger partial charge in [-0.15, -0.1) is 0 Å². The lowest BCUT2D eigenvalue weighted by Crippen LogP contribution is -2.22. The average Bonchev–Trinajstić information content (AvgIpc) is 2.71. The Balaban J connectivity index is 0.000000399. The highest BCUT2D eigenvalue weighted by Crippen LogP contribution is 2.24. The van der Waals surface area contributed by atoms with Gasteiger partial charge in [-0.2, -0.15) is 0 Å². The maximum absolute atomic E-state index is 12.4. The monoisotopic (exact) mass is 447 g/mol. The van der Waals surface area contributed by atoms with Gasteiger partial charge in [0.2, 0.25) is 10.0 Å². The van der Waals surface area contributed by atoms with E-state index in [-0.39, 0.29) is 11.6 Å². The van der Waals surface area contributed by atoms with Crippen molar-refractivity contribution >= 4 is 21.4 Å². The number of hydrogen-bond donors (Lipinski definition) is 0. The molecule has 0 saturated carbocycles. The highest BCUT2D eigenvalue weighted by Gasteiger charge is 2.16. The molecule has 0 unspecified atom stereocenters. The number of halogens is 1. The molecule has 0 aliphatic heterocycles. The lowest BCUT2D eigenvalue weighted by molar-refractivity contribution is 0.101. The Kier molecular flexibility index (Phi) is 10.8. The normalized spacial score (nSPS) is 12.0. The number of ketones is 1. The maximum atomic E-state index is 12.4. The van der Waals surface area contributed by atoms with E-state index in [9.17, 15) is 17.6 Å². The van der Waals surface area contributed by atoms with E-state index in [2.05, 4.69) is 26.8 Å². The van der Waals surface area contributed by atoms with E-state index in [4.69, 9.17) is 0 Å². The highest BCUT2D eigenvalue weighted by atomic mass is 32.2. The smallest absolute Gasteiger partial charge is 0.242 e. The summed E-state index contributed by atoms with van der Waals surface area (Å²) in [6.07, 6.45) is 5.44. The molecule has 0 saturated heterocycles. The van der Waals surface area contributed by atoms with Gasteiger partial charge in [0.15, 0.2) is 5.78 Å². The largest absolute Gasteiger partial charge is 0.295 e. The first-order chi connectivity index (χ1) is 14.5. The Morgan fingerprint density at radius 1 is 1.06 bits per heavy atom. The SMILES string of the molecule is CC(=O)c1cccc(F)c1.CCC/C(=C/CC(C)C)c1ccc(S(=O)(=O)N(C)C)cc1. The summed E-state index contributed by atoms with van der Waals surface area (Å²) in [6, 6.07) is 12.9. The second-order valence-electron chi connectivity index (χ2n) is 7.99. The number of nitrogens with zero attached hydrogens (tertiary/aromatic N) is 1. The van der Waals surface area contributed by atoms with E-state index in [1.54, 1.807) is 32.3 Å². The number of allylic oxidation sites excluding steroid dienone is 2. The predicted octanol–water partition coefficient (Wildman–Crippen LogP) is 6.19. The fourth-order valence-corrected chi connectivity index (χ4v) is 3.67. The summed E-state index contributed by atoms with van der Waals surface area (Å²) in [5.41, 5.74) is 2.84. The van der Waals surface area contributed by atoms with Crippen molar-refractivity contribution in [2.24, 2.45) is 5.92 Å². The molecule has 0 bridgehead atoms. The third-order valence-corrected chi connectivity index (χ3v) is 6.42. The molecule has 0 heterocycles. The summed E-state index contributed by atoms with van der Waals surface area (Å²) in [4.78, 5) is 11.0. The van der Waals surface area contributed by atoms with Crippen molar-refractivity contribution in [3.63, 3.8) is 0 Å². The van der Waals surface area contributed by atoms with Gasteiger partial charge < -0.3 is 0 Å². The summed E-state index contributed by atoms with van der Waals surface area (Å²) in [7, 11) is -0.244. The van der Waals surface area contributed by atoms with Crippen LogP contribution in [0.25, 0.3) is 5.57 Å². The van der Waals surface area contributed by atoms with Crippen LogP contribution in [0.5, 0.6) is 0 Å². The number of rotatable bonds is 8. The average molecular weight is 448 g/mol. The molecule has 31 heavy (non-hydrogen) atoms. The van der Waals surface area contributed by atoms with Crippen LogP contribution >= 0.6 is 0 Å². The topological polar surface area (TPSA) is 54.5 Å². The summed E-state index contributed by atoms with van der Waals surface area (Å²) in [6.45, 7) is 7.97. The molecule has 4 nitrogen and oxygen atoms in total. The van der Waals surface area contributed by atoms with E-state index in [0.29, 0.717) is 16.4 Å². The minimum absolute atomic E-state index is 0.112. The fraction of sp³-hybridized carbons (Fsp3) is 0.400. The third-order valence-electron chi connectivity index (χ3n) is 4.59. The molecule has 170 valence electrons. The fourth-order valence-electron chi connectivity index (χ4n) is 2.77. The number of hydrogen-bond acceptors (Lipinski definition) is 3. The molecule has 0 spiro atoms.